The minimum absolute atomic E-state index is 0.0596. The topological polar surface area (TPSA) is 487 Å². The second-order valence-electron chi connectivity index (χ2n) is 30.9. The zero-order valence-electron chi connectivity index (χ0n) is 56.8. The molecule has 3 saturated carbocycles. The van der Waals surface area contributed by atoms with Crippen LogP contribution in [0.5, 0.6) is 0 Å². The van der Waals surface area contributed by atoms with Gasteiger partial charge in [0.25, 0.3) is 0 Å². The van der Waals surface area contributed by atoms with Crippen LogP contribution in [0.2, 0.25) is 0 Å². The molecule has 10 fully saturated rings. The summed E-state index contributed by atoms with van der Waals surface area (Å²) in [6.07, 6.45) is -43.5. The number of carbonyl (C=O) groups is 2. The molecular weight excluding hydrogens is 1300 g/mol. The van der Waals surface area contributed by atoms with Crippen molar-refractivity contribution in [2.45, 2.75) is 303 Å². The Morgan fingerprint density at radius 1 is 0.541 bits per heavy atom. The SMILES string of the molecule is COC1C(O)C(CO)OC(OC2C(O)C(CO)OC(OC3C(C)OC(OC4C(OC5CCC6(C)C7=CCC89C(=O)OC(C)(CCCC(C)C)C8C(=O)CC9(C)C7CCC6C5(C)C)OCC(OC5OC(CO)C(OC6OC(CO)C(O)C(O)C6O)C(O)C5O)C4O)C(O)C3O)C2O)C1O. The van der Waals surface area contributed by atoms with E-state index in [4.69, 9.17) is 66.3 Å². The molecule has 1 spiro atoms. The van der Waals surface area contributed by atoms with Gasteiger partial charge < -0.3 is 148 Å². The smallest absolute Gasteiger partial charge is 0.314 e. The lowest BCUT2D eigenvalue weighted by molar-refractivity contribution is -0.397. The molecule has 32 heteroatoms. The van der Waals surface area contributed by atoms with Gasteiger partial charge in [-0.3, -0.25) is 9.59 Å². The number of hydrogen-bond acceptors (Lipinski definition) is 32. The number of carbonyl (C=O) groups excluding carboxylic acids is 2. The first-order valence-electron chi connectivity index (χ1n) is 34.6. The number of aliphatic hydroxyl groups excluding tert-OH is 16. The van der Waals surface area contributed by atoms with Crippen molar-refractivity contribution in [2.24, 2.45) is 45.3 Å². The van der Waals surface area contributed by atoms with Crippen molar-refractivity contribution >= 4 is 11.8 Å². The van der Waals surface area contributed by atoms with Crippen LogP contribution in [0.3, 0.4) is 0 Å². The molecule has 37 atom stereocenters. The molecule has 0 bridgehead atoms. The van der Waals surface area contributed by atoms with E-state index in [1.54, 1.807) is 0 Å². The average molecular weight is 1410 g/mol. The molecule has 0 aromatic rings. The van der Waals surface area contributed by atoms with Crippen LogP contribution in [0.15, 0.2) is 11.6 Å². The second-order valence-corrected chi connectivity index (χ2v) is 30.9. The minimum Gasteiger partial charge on any atom is -0.458 e. The van der Waals surface area contributed by atoms with Crippen LogP contribution in [-0.4, -0.2) is 323 Å². The quantitative estimate of drug-likeness (QED) is 0.0293. The summed E-state index contributed by atoms with van der Waals surface area (Å²) >= 11 is 0. The van der Waals surface area contributed by atoms with Gasteiger partial charge in [-0.05, 0) is 92.8 Å². The maximum Gasteiger partial charge on any atom is 0.314 e. The summed E-state index contributed by atoms with van der Waals surface area (Å²) < 4.78 is 84.3. The van der Waals surface area contributed by atoms with E-state index in [0.717, 1.165) is 12.8 Å². The third-order valence-corrected chi connectivity index (χ3v) is 24.3. The molecule has 32 nitrogen and oxygen atoms in total. The van der Waals surface area contributed by atoms with Gasteiger partial charge in [-0.1, -0.05) is 59.6 Å². The zero-order valence-corrected chi connectivity index (χ0v) is 56.8. The van der Waals surface area contributed by atoms with E-state index in [9.17, 15) is 91.3 Å². The third-order valence-electron chi connectivity index (χ3n) is 24.3. The van der Waals surface area contributed by atoms with Crippen LogP contribution < -0.4 is 0 Å². The van der Waals surface area contributed by atoms with Gasteiger partial charge in [0.1, 0.15) is 146 Å². The van der Waals surface area contributed by atoms with Gasteiger partial charge in [-0.25, -0.2) is 0 Å². The highest BCUT2D eigenvalue weighted by atomic mass is 16.8. The molecular formula is C66H106O32. The number of hydrogen-bond donors (Lipinski definition) is 16. The molecule has 4 aliphatic carbocycles. The number of ketones is 1. The maximum atomic E-state index is 14.6. The van der Waals surface area contributed by atoms with Gasteiger partial charge in [-0.2, -0.15) is 0 Å². The van der Waals surface area contributed by atoms with Crippen LogP contribution in [0, 0.1) is 45.3 Å². The average Bonchev–Trinajstić information content (AvgIpc) is 1.47. The van der Waals surface area contributed by atoms with Crippen LogP contribution in [0.1, 0.15) is 113 Å². The number of esters is 1. The Kier molecular flexibility index (Phi) is 23.2. The molecule has 0 amide bonds. The van der Waals surface area contributed by atoms with Crippen LogP contribution in [0.4, 0.5) is 0 Å². The summed E-state index contributed by atoms with van der Waals surface area (Å²) in [5.41, 5.74) is -2.54. The first-order valence-corrected chi connectivity index (χ1v) is 34.6. The second kappa shape index (κ2) is 29.6. The Morgan fingerprint density at radius 3 is 1.67 bits per heavy atom. The van der Waals surface area contributed by atoms with Crippen LogP contribution in [0.25, 0.3) is 0 Å². The largest absolute Gasteiger partial charge is 0.458 e. The summed E-state index contributed by atoms with van der Waals surface area (Å²) in [6.45, 7) is 12.3. The Balaban J connectivity index is 0.824. The molecule has 11 rings (SSSR count). The van der Waals surface area contributed by atoms with Gasteiger partial charge in [0.15, 0.2) is 37.7 Å². The summed E-state index contributed by atoms with van der Waals surface area (Å²) in [4.78, 5) is 29.1. The van der Waals surface area contributed by atoms with Gasteiger partial charge >= 0.3 is 5.97 Å². The number of aliphatic hydroxyl groups is 16. The summed E-state index contributed by atoms with van der Waals surface area (Å²) in [6, 6.07) is 0. The summed E-state index contributed by atoms with van der Waals surface area (Å²) in [5, 5.41) is 176. The van der Waals surface area contributed by atoms with Gasteiger partial charge in [0.05, 0.1) is 56.6 Å². The number of fused-ring (bicyclic) bond motifs is 4. The van der Waals surface area contributed by atoms with Crippen LogP contribution in [-0.2, 0) is 75.9 Å². The maximum absolute atomic E-state index is 14.6. The van der Waals surface area contributed by atoms with Crippen molar-refractivity contribution < 1.29 is 158 Å². The Labute approximate surface area is 567 Å². The molecule has 7 heterocycles. The number of cyclic esters (lactones) is 1. The molecule has 98 heavy (non-hydrogen) atoms. The zero-order chi connectivity index (χ0) is 71.4. The van der Waals surface area contributed by atoms with E-state index in [1.165, 1.54) is 19.6 Å². The van der Waals surface area contributed by atoms with E-state index < -0.39 is 250 Å². The number of allylic oxidation sites excluding steroid dienone is 2. The van der Waals surface area contributed by atoms with Crippen molar-refractivity contribution in [3.63, 3.8) is 0 Å². The van der Waals surface area contributed by atoms with Gasteiger partial charge in [0, 0.05) is 13.5 Å². The standard InChI is InChI=1S/C66H106O32/c1-25(2)11-10-16-65(8)54-29(71)19-64(7)28-12-13-35-62(4,5)36(15-17-63(35,6)27(28)14-18-66(54,64)61(84)98-65)93-60-53(40(75)34(24-86-60)92-56-46(81)43(78)50(33(23-70)91-56)95-57-44(79)41(76)37(72)30(20-67)88-57)97-55-45(80)42(77)49(26(3)87-55)94-59-48(83)52(39(74)32(22-69)90-59)96-58-47(82)51(85-9)38(73)31(21-68)89-58/h14,25-26,28,30-60,67-70,72-83H,10-13,15-24H2,1-9H3. The molecule has 0 aromatic heterocycles. The fourth-order valence-electron chi connectivity index (χ4n) is 18.9. The molecule has 7 aliphatic heterocycles. The van der Waals surface area contributed by atoms with Crippen molar-refractivity contribution in [1.29, 1.82) is 0 Å². The van der Waals surface area contributed by atoms with Crippen molar-refractivity contribution in [3.05, 3.63) is 11.6 Å². The third kappa shape index (κ3) is 13.1. The summed E-state index contributed by atoms with van der Waals surface area (Å²) in [5.74, 6) is -0.502. The Hall–Kier alpha value is -2.28. The fraction of sp³-hybridized carbons (Fsp3) is 0.939. The van der Waals surface area contributed by atoms with Gasteiger partial charge in [-0.15, -0.1) is 0 Å². The molecule has 16 N–H and O–H groups in total. The van der Waals surface area contributed by atoms with Crippen molar-refractivity contribution in [1.82, 2.24) is 0 Å². The van der Waals surface area contributed by atoms with Crippen molar-refractivity contribution in [2.75, 3.05) is 40.1 Å². The molecule has 0 radical (unpaired) electrons. The van der Waals surface area contributed by atoms with Gasteiger partial charge in [0.2, 0.25) is 0 Å². The molecule has 37 unspecified atom stereocenters. The number of Topliss-reactive ketones (excluding diaryl/α,β-unsaturated/α-hetero) is 1. The number of ether oxygens (including phenoxy) is 14. The summed E-state index contributed by atoms with van der Waals surface area (Å²) in [7, 11) is 1.18. The van der Waals surface area contributed by atoms with E-state index in [-0.39, 0.29) is 30.0 Å². The normalized spacial score (nSPS) is 52.6. The first-order chi connectivity index (χ1) is 46.2. The Morgan fingerprint density at radius 2 is 1.06 bits per heavy atom. The molecule has 0 aromatic carbocycles. The number of methoxy groups -OCH3 is 1. The first kappa shape index (κ1) is 76.8. The Bertz CT molecular complexity index is 2760. The highest BCUT2D eigenvalue weighted by Crippen LogP contribution is 2.75. The van der Waals surface area contributed by atoms with E-state index >= 15 is 0 Å². The lowest BCUT2D eigenvalue weighted by Gasteiger charge is -2.63. The predicted octanol–water partition coefficient (Wildman–Crippen LogP) is -4.48. The minimum atomic E-state index is -2.08. The molecule has 7 saturated heterocycles. The van der Waals surface area contributed by atoms with Crippen molar-refractivity contribution in [3.8, 4) is 0 Å². The highest BCUT2D eigenvalue weighted by molar-refractivity contribution is 5.99. The number of rotatable bonds is 21. The predicted molar refractivity (Wildman–Crippen MR) is 326 cm³/mol. The molecule has 11 aliphatic rings. The highest BCUT2D eigenvalue weighted by Gasteiger charge is 2.79. The fourth-order valence-corrected chi connectivity index (χ4v) is 18.9. The van der Waals surface area contributed by atoms with Crippen LogP contribution >= 0.6 is 0 Å². The lowest BCUT2D eigenvalue weighted by Crippen LogP contribution is -2.67. The van der Waals surface area contributed by atoms with E-state index in [2.05, 4.69) is 47.6 Å². The lowest BCUT2D eigenvalue weighted by atomic mass is 9.41. The van der Waals surface area contributed by atoms with E-state index in [0.29, 0.717) is 44.4 Å². The molecule has 562 valence electrons. The van der Waals surface area contributed by atoms with E-state index in [1.807, 2.05) is 6.92 Å². The monoisotopic (exact) mass is 1410 g/mol.